The fraction of sp³-hybridized carbons (Fsp3) is 0.571. The summed E-state index contributed by atoms with van der Waals surface area (Å²) in [5.74, 6) is 0.421. The molecular weight excluding hydrogens is 281 g/mol. The van der Waals surface area contributed by atoms with Gasteiger partial charge in [-0.2, -0.15) is 0 Å². The van der Waals surface area contributed by atoms with Gasteiger partial charge < -0.3 is 5.11 Å². The van der Waals surface area contributed by atoms with E-state index < -0.39 is 22.4 Å². The van der Waals surface area contributed by atoms with Crippen molar-refractivity contribution < 1.29 is 17.9 Å². The van der Waals surface area contributed by atoms with E-state index in [2.05, 4.69) is 11.6 Å². The molecule has 20 heavy (non-hydrogen) atoms. The van der Waals surface area contributed by atoms with Crippen LogP contribution in [0, 0.1) is 17.7 Å². The predicted octanol–water partition coefficient (Wildman–Crippen LogP) is 2.03. The minimum absolute atomic E-state index is 0.00556. The summed E-state index contributed by atoms with van der Waals surface area (Å²) in [7, 11) is -3.64. The first-order valence-electron chi connectivity index (χ1n) is 6.81. The summed E-state index contributed by atoms with van der Waals surface area (Å²) in [5, 5.41) is 8.99. The van der Waals surface area contributed by atoms with Gasteiger partial charge in [0.25, 0.3) is 0 Å². The number of aliphatic hydroxyl groups excluding tert-OH is 1. The van der Waals surface area contributed by atoms with Gasteiger partial charge in [0.1, 0.15) is 5.82 Å². The predicted molar refractivity (Wildman–Crippen MR) is 74.0 cm³/mol. The average Bonchev–Trinajstić information content (AvgIpc) is 2.83. The Morgan fingerprint density at radius 3 is 2.75 bits per heavy atom. The Kier molecular flexibility index (Phi) is 4.78. The Labute approximate surface area is 119 Å². The maximum Gasteiger partial charge on any atom is 0.240 e. The summed E-state index contributed by atoms with van der Waals surface area (Å²) in [6.07, 6.45) is 3.21. The van der Waals surface area contributed by atoms with E-state index in [1.807, 2.05) is 0 Å². The quantitative estimate of drug-likeness (QED) is 0.874. The van der Waals surface area contributed by atoms with E-state index in [1.54, 1.807) is 0 Å². The fourth-order valence-electron chi connectivity index (χ4n) is 2.66. The van der Waals surface area contributed by atoms with Crippen LogP contribution in [-0.2, 0) is 16.6 Å². The first-order valence-corrected chi connectivity index (χ1v) is 8.29. The molecule has 2 atom stereocenters. The lowest BCUT2D eigenvalue weighted by molar-refractivity contribution is 0.275. The lowest BCUT2D eigenvalue weighted by atomic mass is 10.1. The molecule has 2 unspecified atom stereocenters. The molecule has 0 aliphatic heterocycles. The van der Waals surface area contributed by atoms with Crippen molar-refractivity contribution in [3.8, 4) is 0 Å². The molecule has 0 spiro atoms. The van der Waals surface area contributed by atoms with Gasteiger partial charge in [-0.3, -0.25) is 0 Å². The van der Waals surface area contributed by atoms with Crippen LogP contribution < -0.4 is 4.72 Å². The normalized spacial score (nSPS) is 23.1. The van der Waals surface area contributed by atoms with Crippen LogP contribution >= 0.6 is 0 Å². The van der Waals surface area contributed by atoms with Crippen molar-refractivity contribution in [2.24, 2.45) is 11.8 Å². The molecule has 0 amide bonds. The van der Waals surface area contributed by atoms with Crippen LogP contribution in [0.5, 0.6) is 0 Å². The largest absolute Gasteiger partial charge is 0.392 e. The molecule has 0 radical (unpaired) electrons. The third kappa shape index (κ3) is 3.56. The topological polar surface area (TPSA) is 66.4 Å². The van der Waals surface area contributed by atoms with Gasteiger partial charge in [0, 0.05) is 12.1 Å². The molecule has 6 heteroatoms. The molecule has 0 bridgehead atoms. The minimum atomic E-state index is -3.64. The van der Waals surface area contributed by atoms with Gasteiger partial charge in [0.2, 0.25) is 10.0 Å². The maximum absolute atomic E-state index is 13.3. The summed E-state index contributed by atoms with van der Waals surface area (Å²) in [6.45, 7) is 2.07. The lowest BCUT2D eigenvalue weighted by Crippen LogP contribution is -2.28. The van der Waals surface area contributed by atoms with Gasteiger partial charge in [-0.15, -0.1) is 0 Å². The van der Waals surface area contributed by atoms with Gasteiger partial charge in [-0.05, 0) is 42.9 Å². The van der Waals surface area contributed by atoms with Gasteiger partial charge in [-0.1, -0.05) is 13.3 Å². The molecule has 1 aromatic rings. The number of halogens is 1. The second-order valence-corrected chi connectivity index (χ2v) is 7.31. The number of aliphatic hydroxyl groups is 1. The van der Waals surface area contributed by atoms with E-state index in [9.17, 15) is 12.8 Å². The van der Waals surface area contributed by atoms with Crippen LogP contribution in [-0.4, -0.2) is 20.1 Å². The SMILES string of the molecule is CC1CCC(CNS(=O)(=O)c2ccc(F)c(CO)c2)C1. The molecule has 0 saturated heterocycles. The average molecular weight is 301 g/mol. The zero-order chi connectivity index (χ0) is 14.8. The molecule has 2 N–H and O–H groups in total. The van der Waals surface area contributed by atoms with Crippen LogP contribution in [0.15, 0.2) is 23.1 Å². The van der Waals surface area contributed by atoms with Crippen molar-refractivity contribution >= 4 is 10.0 Å². The highest BCUT2D eigenvalue weighted by molar-refractivity contribution is 7.89. The number of rotatable bonds is 5. The monoisotopic (exact) mass is 301 g/mol. The molecule has 1 aromatic carbocycles. The number of nitrogens with one attached hydrogen (secondary N) is 1. The van der Waals surface area contributed by atoms with Crippen LogP contribution in [0.1, 0.15) is 31.7 Å². The van der Waals surface area contributed by atoms with E-state index in [4.69, 9.17) is 5.11 Å². The standard InChI is InChI=1S/C14H20FNO3S/c1-10-2-3-11(6-10)8-16-20(18,19)13-4-5-14(15)12(7-13)9-17/h4-5,7,10-11,16-17H,2-3,6,8-9H2,1H3. The maximum atomic E-state index is 13.3. The summed E-state index contributed by atoms with van der Waals surface area (Å²) in [6, 6.07) is 3.46. The number of sulfonamides is 1. The third-order valence-electron chi connectivity index (χ3n) is 3.86. The van der Waals surface area contributed by atoms with E-state index in [0.717, 1.165) is 25.3 Å². The molecule has 1 fully saturated rings. The highest BCUT2D eigenvalue weighted by Crippen LogP contribution is 2.30. The van der Waals surface area contributed by atoms with Gasteiger partial charge in [0.15, 0.2) is 0 Å². The van der Waals surface area contributed by atoms with Gasteiger partial charge in [-0.25, -0.2) is 17.5 Å². The van der Waals surface area contributed by atoms with Gasteiger partial charge in [0.05, 0.1) is 11.5 Å². The molecule has 112 valence electrons. The smallest absolute Gasteiger partial charge is 0.240 e. The van der Waals surface area contributed by atoms with E-state index >= 15 is 0 Å². The van der Waals surface area contributed by atoms with Gasteiger partial charge >= 0.3 is 0 Å². The molecule has 4 nitrogen and oxygen atoms in total. The third-order valence-corrected chi connectivity index (χ3v) is 5.28. The van der Waals surface area contributed by atoms with Crippen LogP contribution in [0.25, 0.3) is 0 Å². The van der Waals surface area contributed by atoms with Crippen LogP contribution in [0.2, 0.25) is 0 Å². The summed E-state index contributed by atoms with van der Waals surface area (Å²) >= 11 is 0. The van der Waals surface area contributed by atoms with Crippen molar-refractivity contribution in [3.63, 3.8) is 0 Å². The Morgan fingerprint density at radius 1 is 1.40 bits per heavy atom. The first-order chi connectivity index (χ1) is 9.42. The lowest BCUT2D eigenvalue weighted by Gasteiger charge is -2.12. The second-order valence-electron chi connectivity index (χ2n) is 5.55. The molecule has 0 aromatic heterocycles. The number of benzene rings is 1. The molecule has 1 saturated carbocycles. The Balaban J connectivity index is 2.06. The zero-order valence-corrected chi connectivity index (χ0v) is 12.3. The number of hydrogen-bond acceptors (Lipinski definition) is 3. The van der Waals surface area contributed by atoms with E-state index in [0.29, 0.717) is 18.4 Å². The van der Waals surface area contributed by atoms with Crippen molar-refractivity contribution in [1.29, 1.82) is 0 Å². The first kappa shape index (κ1) is 15.4. The Hall–Kier alpha value is -0.980. The highest BCUT2D eigenvalue weighted by Gasteiger charge is 2.24. The van der Waals surface area contributed by atoms with Crippen LogP contribution in [0.4, 0.5) is 4.39 Å². The Bertz CT molecular complexity index is 574. The summed E-state index contributed by atoms with van der Waals surface area (Å²) < 4.78 is 40.1. The van der Waals surface area contributed by atoms with E-state index in [1.165, 1.54) is 12.1 Å². The second kappa shape index (κ2) is 6.20. The minimum Gasteiger partial charge on any atom is -0.392 e. The van der Waals surface area contributed by atoms with Crippen molar-refractivity contribution in [3.05, 3.63) is 29.6 Å². The molecule has 0 heterocycles. The van der Waals surface area contributed by atoms with E-state index in [-0.39, 0.29) is 10.5 Å². The van der Waals surface area contributed by atoms with Crippen molar-refractivity contribution in [2.75, 3.05) is 6.54 Å². The molecular formula is C14H20FNO3S. The Morgan fingerprint density at radius 2 is 2.15 bits per heavy atom. The van der Waals surface area contributed by atoms with Crippen molar-refractivity contribution in [2.45, 2.75) is 37.7 Å². The summed E-state index contributed by atoms with van der Waals surface area (Å²) in [4.78, 5) is -0.00556. The molecule has 1 aliphatic rings. The molecule has 1 aliphatic carbocycles. The number of hydrogen-bond donors (Lipinski definition) is 2. The van der Waals surface area contributed by atoms with Crippen molar-refractivity contribution in [1.82, 2.24) is 4.72 Å². The molecule has 2 rings (SSSR count). The highest BCUT2D eigenvalue weighted by atomic mass is 32.2. The summed E-state index contributed by atoms with van der Waals surface area (Å²) in [5.41, 5.74) is -0.0117. The van der Waals surface area contributed by atoms with Crippen LogP contribution in [0.3, 0.4) is 0 Å². The zero-order valence-electron chi connectivity index (χ0n) is 11.5. The fourth-order valence-corrected chi connectivity index (χ4v) is 3.83.